The molecule has 2 aliphatic rings. The number of fused-ring (bicyclic) bond motifs is 1. The van der Waals surface area contributed by atoms with E-state index < -0.39 is 0 Å². The molecule has 0 saturated carbocycles. The minimum atomic E-state index is 0.150. The van der Waals surface area contributed by atoms with Gasteiger partial charge in [-0.3, -0.25) is 4.79 Å². The number of carbonyl (C=O) groups excluding carboxylic acids is 1. The zero-order valence-electron chi connectivity index (χ0n) is 5.80. The molecule has 0 aromatic carbocycles. The molecule has 3 heteroatoms. The van der Waals surface area contributed by atoms with E-state index in [0.717, 1.165) is 19.4 Å². The molecule has 2 heterocycles. The van der Waals surface area contributed by atoms with Gasteiger partial charge >= 0.3 is 0 Å². The molecule has 10 heavy (non-hydrogen) atoms. The molecule has 1 amide bonds. The Balaban J connectivity index is 2.04. The van der Waals surface area contributed by atoms with Crippen LogP contribution in [0.3, 0.4) is 0 Å². The summed E-state index contributed by atoms with van der Waals surface area (Å²) in [4.78, 5) is 10.8. The highest BCUT2D eigenvalue weighted by Gasteiger charge is 2.34. The quantitative estimate of drug-likeness (QED) is 0.517. The van der Waals surface area contributed by atoms with Gasteiger partial charge in [0.15, 0.2) is 0 Å². The first-order valence-corrected chi connectivity index (χ1v) is 3.77. The van der Waals surface area contributed by atoms with Gasteiger partial charge in [0.25, 0.3) is 0 Å². The third-order valence-corrected chi connectivity index (χ3v) is 2.17. The summed E-state index contributed by atoms with van der Waals surface area (Å²) in [5, 5.41) is 2.89. The van der Waals surface area contributed by atoms with Crippen molar-refractivity contribution in [2.75, 3.05) is 6.61 Å². The second kappa shape index (κ2) is 2.23. The van der Waals surface area contributed by atoms with E-state index in [1.54, 1.807) is 0 Å². The summed E-state index contributed by atoms with van der Waals surface area (Å²) in [5.41, 5.74) is 0. The molecule has 0 aromatic heterocycles. The summed E-state index contributed by atoms with van der Waals surface area (Å²) in [6, 6.07) is 0.321. The van der Waals surface area contributed by atoms with E-state index in [9.17, 15) is 4.79 Å². The molecule has 2 saturated heterocycles. The highest BCUT2D eigenvalue weighted by Crippen LogP contribution is 2.21. The SMILES string of the molecule is O=C1C[C@H]2OCCC[C@@H]2N1. The normalized spacial score (nSPS) is 39.0. The van der Waals surface area contributed by atoms with Crippen LogP contribution >= 0.6 is 0 Å². The molecule has 3 nitrogen and oxygen atoms in total. The summed E-state index contributed by atoms with van der Waals surface area (Å²) in [5.74, 6) is 0.150. The van der Waals surface area contributed by atoms with Crippen LogP contribution in [0.2, 0.25) is 0 Å². The van der Waals surface area contributed by atoms with Gasteiger partial charge in [0.1, 0.15) is 0 Å². The molecule has 0 aliphatic carbocycles. The molecule has 1 N–H and O–H groups in total. The standard InChI is InChI=1S/C7H11NO2/c9-7-4-6-5(8-7)2-1-3-10-6/h5-6H,1-4H2,(H,8,9)/t5-,6+/m0/s1. The maximum Gasteiger partial charge on any atom is 0.222 e. The number of hydrogen-bond acceptors (Lipinski definition) is 2. The van der Waals surface area contributed by atoms with Gasteiger partial charge in [0.05, 0.1) is 18.6 Å². The van der Waals surface area contributed by atoms with E-state index >= 15 is 0 Å². The minimum absolute atomic E-state index is 0.150. The molecule has 0 spiro atoms. The lowest BCUT2D eigenvalue weighted by atomic mass is 10.0. The first kappa shape index (κ1) is 6.16. The molecule has 2 aliphatic heterocycles. The molecule has 56 valence electrons. The Morgan fingerprint density at radius 2 is 2.50 bits per heavy atom. The van der Waals surface area contributed by atoms with Gasteiger partial charge in [-0.2, -0.15) is 0 Å². The van der Waals surface area contributed by atoms with Gasteiger partial charge in [-0.1, -0.05) is 0 Å². The lowest BCUT2D eigenvalue weighted by Crippen LogP contribution is -2.36. The summed E-state index contributed by atoms with van der Waals surface area (Å²) in [6.07, 6.45) is 2.93. The van der Waals surface area contributed by atoms with E-state index in [0.29, 0.717) is 12.5 Å². The van der Waals surface area contributed by atoms with Crippen molar-refractivity contribution in [3.8, 4) is 0 Å². The van der Waals surface area contributed by atoms with Gasteiger partial charge in [-0.05, 0) is 12.8 Å². The van der Waals surface area contributed by atoms with Crippen LogP contribution in [0.25, 0.3) is 0 Å². The molecule has 2 rings (SSSR count). The molecule has 0 aromatic rings. The Hall–Kier alpha value is -0.570. The molecule has 0 radical (unpaired) electrons. The number of amides is 1. The smallest absolute Gasteiger partial charge is 0.222 e. The van der Waals surface area contributed by atoms with E-state index in [2.05, 4.69) is 5.32 Å². The molecular formula is C7H11NO2. The summed E-state index contributed by atoms with van der Waals surface area (Å²) >= 11 is 0. The van der Waals surface area contributed by atoms with Crippen molar-refractivity contribution in [2.24, 2.45) is 0 Å². The van der Waals surface area contributed by atoms with Crippen LogP contribution in [0.15, 0.2) is 0 Å². The van der Waals surface area contributed by atoms with E-state index in [1.807, 2.05) is 0 Å². The van der Waals surface area contributed by atoms with Crippen LogP contribution in [0, 0.1) is 0 Å². The number of hydrogen-bond donors (Lipinski definition) is 1. The fourth-order valence-electron chi connectivity index (χ4n) is 1.65. The average Bonchev–Trinajstić information content (AvgIpc) is 2.27. The van der Waals surface area contributed by atoms with Gasteiger partial charge < -0.3 is 10.1 Å². The van der Waals surface area contributed by atoms with Crippen LogP contribution < -0.4 is 5.32 Å². The Morgan fingerprint density at radius 1 is 1.60 bits per heavy atom. The van der Waals surface area contributed by atoms with Gasteiger partial charge in [-0.25, -0.2) is 0 Å². The first-order valence-electron chi connectivity index (χ1n) is 3.77. The monoisotopic (exact) mass is 141 g/mol. The number of ether oxygens (including phenoxy) is 1. The van der Waals surface area contributed by atoms with Crippen molar-refractivity contribution in [1.29, 1.82) is 0 Å². The predicted octanol–water partition coefficient (Wildman–Crippen LogP) is 0.0539. The van der Waals surface area contributed by atoms with E-state index in [1.165, 1.54) is 0 Å². The molecule has 2 atom stereocenters. The largest absolute Gasteiger partial charge is 0.376 e. The lowest BCUT2D eigenvalue weighted by molar-refractivity contribution is -0.119. The topological polar surface area (TPSA) is 38.3 Å². The second-order valence-electron chi connectivity index (χ2n) is 2.93. The third kappa shape index (κ3) is 0.904. The zero-order chi connectivity index (χ0) is 6.97. The van der Waals surface area contributed by atoms with Crippen molar-refractivity contribution in [1.82, 2.24) is 5.32 Å². The Morgan fingerprint density at radius 3 is 3.30 bits per heavy atom. The maximum atomic E-state index is 10.8. The van der Waals surface area contributed by atoms with Crippen LogP contribution in [0.1, 0.15) is 19.3 Å². The van der Waals surface area contributed by atoms with Crippen LogP contribution in [-0.2, 0) is 9.53 Å². The van der Waals surface area contributed by atoms with Gasteiger partial charge in [0.2, 0.25) is 5.91 Å². The summed E-state index contributed by atoms with van der Waals surface area (Å²) < 4.78 is 5.39. The molecular weight excluding hydrogens is 130 g/mol. The van der Waals surface area contributed by atoms with Gasteiger partial charge in [-0.15, -0.1) is 0 Å². The maximum absolute atomic E-state index is 10.8. The fourth-order valence-corrected chi connectivity index (χ4v) is 1.65. The average molecular weight is 141 g/mol. The van der Waals surface area contributed by atoms with Gasteiger partial charge in [0, 0.05) is 6.61 Å². The zero-order valence-corrected chi connectivity index (χ0v) is 5.80. The van der Waals surface area contributed by atoms with Crippen molar-refractivity contribution >= 4 is 5.91 Å². The molecule has 0 bridgehead atoms. The van der Waals surface area contributed by atoms with Crippen molar-refractivity contribution in [2.45, 2.75) is 31.4 Å². The van der Waals surface area contributed by atoms with Crippen LogP contribution in [0.4, 0.5) is 0 Å². The number of carbonyl (C=O) groups is 1. The lowest BCUT2D eigenvalue weighted by Gasteiger charge is -2.24. The molecule has 2 fully saturated rings. The highest BCUT2D eigenvalue weighted by molar-refractivity contribution is 5.79. The number of nitrogens with one attached hydrogen (secondary N) is 1. The summed E-state index contributed by atoms with van der Waals surface area (Å²) in [7, 11) is 0. The number of rotatable bonds is 0. The Kier molecular flexibility index (Phi) is 1.38. The Labute approximate surface area is 59.7 Å². The Bertz CT molecular complexity index is 142. The molecule has 0 unspecified atom stereocenters. The van der Waals surface area contributed by atoms with E-state index in [-0.39, 0.29) is 12.0 Å². The van der Waals surface area contributed by atoms with Crippen LogP contribution in [0.5, 0.6) is 0 Å². The second-order valence-corrected chi connectivity index (χ2v) is 2.93. The van der Waals surface area contributed by atoms with Crippen molar-refractivity contribution in [3.05, 3.63) is 0 Å². The predicted molar refractivity (Wildman–Crippen MR) is 35.5 cm³/mol. The van der Waals surface area contributed by atoms with Crippen LogP contribution in [-0.4, -0.2) is 24.7 Å². The third-order valence-electron chi connectivity index (χ3n) is 2.17. The van der Waals surface area contributed by atoms with Crippen molar-refractivity contribution < 1.29 is 9.53 Å². The van der Waals surface area contributed by atoms with Crippen molar-refractivity contribution in [3.63, 3.8) is 0 Å². The summed E-state index contributed by atoms with van der Waals surface area (Å²) in [6.45, 7) is 0.829. The highest BCUT2D eigenvalue weighted by atomic mass is 16.5. The first-order chi connectivity index (χ1) is 4.86. The minimum Gasteiger partial charge on any atom is -0.376 e. The van der Waals surface area contributed by atoms with E-state index in [4.69, 9.17) is 4.74 Å². The fraction of sp³-hybridized carbons (Fsp3) is 0.857.